The summed E-state index contributed by atoms with van der Waals surface area (Å²) in [7, 11) is 0.0383. The van der Waals surface area contributed by atoms with Gasteiger partial charge in [0.2, 0.25) is 0 Å². The predicted octanol–water partition coefficient (Wildman–Crippen LogP) is 2.74. The third kappa shape index (κ3) is 3.18. The maximum absolute atomic E-state index is 12.0. The monoisotopic (exact) mass is 283 g/mol. The van der Waals surface area contributed by atoms with E-state index in [1.807, 2.05) is 27.7 Å². The lowest BCUT2D eigenvalue weighted by Crippen LogP contribution is -2.33. The molecule has 1 unspecified atom stereocenters. The van der Waals surface area contributed by atoms with Crippen molar-refractivity contribution in [2.45, 2.75) is 51.5 Å². The average molecular weight is 283 g/mol. The molecule has 1 N–H and O–H groups in total. The summed E-state index contributed by atoms with van der Waals surface area (Å²) < 4.78 is 5.36. The number of aromatic amines is 1. The van der Waals surface area contributed by atoms with Crippen LogP contribution in [0.3, 0.4) is 0 Å². The zero-order chi connectivity index (χ0) is 14.2. The van der Waals surface area contributed by atoms with Crippen LogP contribution in [0.15, 0.2) is 5.16 Å². The smallest absolute Gasteiger partial charge is 0.410 e. The first-order valence-electron chi connectivity index (χ1n) is 6.30. The molecule has 0 saturated heterocycles. The van der Waals surface area contributed by atoms with E-state index in [2.05, 4.69) is 21.6 Å². The number of fused-ring (bicyclic) bond motifs is 1. The van der Waals surface area contributed by atoms with Crippen molar-refractivity contribution in [3.8, 4) is 0 Å². The standard InChI is InChI=1S/C13H21N3O2S/c1-6-19(5)11-14-9-7-16(8-10(9)15-11)12(17)18-13(2,3)4/h6H,7-8H2,1-5H3,(H,14,15). The normalized spacial score (nSPS) is 16.6. The molecule has 0 fully saturated rings. The van der Waals surface area contributed by atoms with Crippen LogP contribution in [0.5, 0.6) is 0 Å². The van der Waals surface area contributed by atoms with Crippen LogP contribution in [0.4, 0.5) is 4.79 Å². The molecule has 19 heavy (non-hydrogen) atoms. The third-order valence-electron chi connectivity index (χ3n) is 2.84. The van der Waals surface area contributed by atoms with Crippen molar-refractivity contribution < 1.29 is 9.53 Å². The van der Waals surface area contributed by atoms with Crippen molar-refractivity contribution in [2.24, 2.45) is 0 Å². The van der Waals surface area contributed by atoms with Gasteiger partial charge in [0, 0.05) is 0 Å². The van der Waals surface area contributed by atoms with E-state index < -0.39 is 5.60 Å². The van der Waals surface area contributed by atoms with Gasteiger partial charge in [0.1, 0.15) is 5.60 Å². The largest absolute Gasteiger partial charge is 0.444 e. The highest BCUT2D eigenvalue weighted by atomic mass is 32.2. The summed E-state index contributed by atoms with van der Waals surface area (Å²) in [5.74, 6) is 0. The third-order valence-corrected chi connectivity index (χ3v) is 4.35. The Balaban J connectivity index is 2.06. The molecule has 0 bridgehead atoms. The minimum Gasteiger partial charge on any atom is -0.444 e. The molecule has 0 aliphatic carbocycles. The number of aromatic nitrogens is 2. The van der Waals surface area contributed by atoms with Crippen LogP contribution in [-0.4, -0.2) is 38.2 Å². The fourth-order valence-electron chi connectivity index (χ4n) is 1.83. The van der Waals surface area contributed by atoms with E-state index in [4.69, 9.17) is 4.74 Å². The van der Waals surface area contributed by atoms with Crippen LogP contribution >= 0.6 is 10.5 Å². The van der Waals surface area contributed by atoms with Gasteiger partial charge in [-0.1, -0.05) is 5.37 Å². The van der Waals surface area contributed by atoms with Crippen molar-refractivity contribution in [2.75, 3.05) is 6.26 Å². The van der Waals surface area contributed by atoms with Gasteiger partial charge in [0.15, 0.2) is 5.16 Å². The van der Waals surface area contributed by atoms with Gasteiger partial charge in [-0.3, -0.25) is 4.90 Å². The molecule has 106 valence electrons. The summed E-state index contributed by atoms with van der Waals surface area (Å²) in [6.45, 7) is 8.73. The van der Waals surface area contributed by atoms with Crippen molar-refractivity contribution in [3.05, 3.63) is 11.4 Å². The van der Waals surface area contributed by atoms with Gasteiger partial charge in [0.25, 0.3) is 0 Å². The molecule has 0 radical (unpaired) electrons. The molecular formula is C13H21N3O2S. The Hall–Kier alpha value is -1.30. The maximum atomic E-state index is 12.0. The minimum atomic E-state index is -0.459. The molecular weight excluding hydrogens is 262 g/mol. The molecule has 1 aliphatic heterocycles. The average Bonchev–Trinajstić information content (AvgIpc) is 2.82. The molecule has 0 spiro atoms. The molecule has 1 atom stereocenters. The van der Waals surface area contributed by atoms with E-state index in [1.165, 1.54) is 0 Å². The zero-order valence-corrected chi connectivity index (χ0v) is 12.9. The van der Waals surface area contributed by atoms with Gasteiger partial charge in [0.05, 0.1) is 24.5 Å². The van der Waals surface area contributed by atoms with Crippen LogP contribution in [0.2, 0.25) is 0 Å². The molecule has 0 aromatic carbocycles. The summed E-state index contributed by atoms with van der Waals surface area (Å²) in [5.41, 5.74) is 1.53. The van der Waals surface area contributed by atoms with E-state index in [1.54, 1.807) is 4.90 Å². The van der Waals surface area contributed by atoms with Crippen LogP contribution in [0, 0.1) is 0 Å². The number of hydrogen-bond donors (Lipinski definition) is 1. The first-order valence-corrected chi connectivity index (χ1v) is 7.99. The van der Waals surface area contributed by atoms with Crippen molar-refractivity contribution in [1.82, 2.24) is 14.9 Å². The Bertz CT molecular complexity index is 505. The fraction of sp³-hybridized carbons (Fsp3) is 0.615. The number of rotatable bonds is 1. The Labute approximate surface area is 116 Å². The number of amides is 1. The molecule has 2 heterocycles. The number of nitrogens with zero attached hydrogens (tertiary/aromatic N) is 2. The van der Waals surface area contributed by atoms with Gasteiger partial charge < -0.3 is 9.72 Å². The van der Waals surface area contributed by atoms with Crippen molar-refractivity contribution >= 4 is 21.9 Å². The predicted molar refractivity (Wildman–Crippen MR) is 77.6 cm³/mol. The Morgan fingerprint density at radius 2 is 2.16 bits per heavy atom. The number of imidazole rings is 1. The lowest BCUT2D eigenvalue weighted by atomic mass is 10.2. The van der Waals surface area contributed by atoms with Crippen molar-refractivity contribution in [3.63, 3.8) is 0 Å². The van der Waals surface area contributed by atoms with Gasteiger partial charge in [-0.15, -0.1) is 10.5 Å². The summed E-state index contributed by atoms with van der Waals surface area (Å²) in [4.78, 5) is 21.5. The van der Waals surface area contributed by atoms with E-state index in [9.17, 15) is 4.79 Å². The van der Waals surface area contributed by atoms with Crippen LogP contribution in [0.1, 0.15) is 39.1 Å². The van der Waals surface area contributed by atoms with Gasteiger partial charge in [-0.2, -0.15) is 0 Å². The molecule has 1 aromatic rings. The van der Waals surface area contributed by atoms with Gasteiger partial charge >= 0.3 is 6.09 Å². The molecule has 1 aliphatic rings. The number of carbonyl (C=O) groups excluding carboxylic acids is 1. The van der Waals surface area contributed by atoms with E-state index in [0.717, 1.165) is 16.5 Å². The van der Waals surface area contributed by atoms with Gasteiger partial charge in [-0.25, -0.2) is 9.78 Å². The second-order valence-corrected chi connectivity index (χ2v) is 7.57. The maximum Gasteiger partial charge on any atom is 0.410 e. The SMILES string of the molecule is C/C=S(/C)c1nc2c([nH]1)CN(C(=O)OC(C)(C)C)C2. The number of carbonyl (C=O) groups is 1. The first kappa shape index (κ1) is 14.1. The van der Waals surface area contributed by atoms with Gasteiger partial charge in [-0.05, 0) is 34.0 Å². The summed E-state index contributed by atoms with van der Waals surface area (Å²) in [5, 5.41) is 3.12. The fourth-order valence-corrected chi connectivity index (χ4v) is 2.59. The molecule has 6 heteroatoms. The van der Waals surface area contributed by atoms with E-state index in [0.29, 0.717) is 13.1 Å². The first-order chi connectivity index (χ1) is 8.80. The van der Waals surface area contributed by atoms with E-state index in [-0.39, 0.29) is 16.6 Å². The number of nitrogens with one attached hydrogen (secondary N) is 1. The Morgan fingerprint density at radius 3 is 2.68 bits per heavy atom. The van der Waals surface area contributed by atoms with E-state index >= 15 is 0 Å². The highest BCUT2D eigenvalue weighted by molar-refractivity contribution is 8.14. The Morgan fingerprint density at radius 1 is 1.47 bits per heavy atom. The molecule has 5 nitrogen and oxygen atoms in total. The Kier molecular flexibility index (Phi) is 3.71. The molecule has 0 saturated carbocycles. The number of H-pyrrole nitrogens is 1. The van der Waals surface area contributed by atoms with Crippen LogP contribution < -0.4 is 0 Å². The molecule has 1 aromatic heterocycles. The topological polar surface area (TPSA) is 58.2 Å². The lowest BCUT2D eigenvalue weighted by Gasteiger charge is -2.24. The lowest BCUT2D eigenvalue weighted by molar-refractivity contribution is 0.0238. The second-order valence-electron chi connectivity index (χ2n) is 5.60. The number of ether oxygens (including phenoxy) is 1. The summed E-state index contributed by atoms with van der Waals surface area (Å²) >= 11 is 0. The molecule has 2 rings (SSSR count). The second kappa shape index (κ2) is 5.00. The molecule has 1 amide bonds. The number of hydrogen-bond acceptors (Lipinski definition) is 3. The summed E-state index contributed by atoms with van der Waals surface area (Å²) in [6.07, 6.45) is 1.85. The quantitative estimate of drug-likeness (QED) is 0.806. The highest BCUT2D eigenvalue weighted by Crippen LogP contribution is 2.27. The minimum absolute atomic E-state index is 0.0383. The zero-order valence-electron chi connectivity index (χ0n) is 12.1. The highest BCUT2D eigenvalue weighted by Gasteiger charge is 2.30. The van der Waals surface area contributed by atoms with Crippen LogP contribution in [0.25, 0.3) is 0 Å². The van der Waals surface area contributed by atoms with Crippen LogP contribution in [-0.2, 0) is 17.8 Å². The summed E-state index contributed by atoms with van der Waals surface area (Å²) in [6, 6.07) is 0. The van der Waals surface area contributed by atoms with Crippen molar-refractivity contribution in [1.29, 1.82) is 0 Å².